The van der Waals surface area contributed by atoms with E-state index in [0.717, 1.165) is 5.56 Å². The van der Waals surface area contributed by atoms with Gasteiger partial charge in [-0.15, -0.1) is 6.58 Å². The van der Waals surface area contributed by atoms with Crippen molar-refractivity contribution in [2.75, 3.05) is 19.8 Å². The minimum atomic E-state index is -1.88. The number of hydrogen-bond donors (Lipinski definition) is 7. The van der Waals surface area contributed by atoms with Gasteiger partial charge in [0, 0.05) is 0 Å². The molecule has 0 saturated carbocycles. The molecule has 2 aliphatic rings. The van der Waals surface area contributed by atoms with E-state index < -0.39 is 61.9 Å². The number of benzene rings is 1. The summed E-state index contributed by atoms with van der Waals surface area (Å²) in [7, 11) is 0. The van der Waals surface area contributed by atoms with E-state index in [1.54, 1.807) is 12.1 Å². The molecule has 0 bridgehead atoms. The van der Waals surface area contributed by atoms with Gasteiger partial charge in [-0.3, -0.25) is 0 Å². The highest BCUT2D eigenvalue weighted by Gasteiger charge is 2.50. The topological polar surface area (TPSA) is 179 Å². The van der Waals surface area contributed by atoms with Crippen molar-refractivity contribution in [1.82, 2.24) is 0 Å². The molecule has 7 N–H and O–H groups in total. The maximum atomic E-state index is 10.2. The molecular weight excluding hydrogens is 416 g/mol. The fraction of sp³-hybridized carbons (Fsp3) is 0.600. The predicted octanol–water partition coefficient (Wildman–Crippen LogP) is -2.24. The predicted molar refractivity (Wildman–Crippen MR) is 103 cm³/mol. The molecule has 2 fully saturated rings. The maximum Gasteiger partial charge on any atom is 0.229 e. The van der Waals surface area contributed by atoms with Crippen LogP contribution in [0, 0.1) is 0 Å². The van der Waals surface area contributed by atoms with Gasteiger partial charge in [0.15, 0.2) is 17.8 Å². The first kappa shape index (κ1) is 23.9. The number of hydrogen-bond acceptors (Lipinski definition) is 11. The molecule has 0 radical (unpaired) electrons. The van der Waals surface area contributed by atoms with Crippen molar-refractivity contribution < 1.29 is 54.7 Å². The summed E-state index contributed by atoms with van der Waals surface area (Å²) in [5.41, 5.74) is -1.10. The second kappa shape index (κ2) is 9.77. The quantitative estimate of drug-likeness (QED) is 0.216. The molecule has 11 heteroatoms. The van der Waals surface area contributed by atoms with E-state index in [-0.39, 0.29) is 18.1 Å². The first-order valence-electron chi connectivity index (χ1n) is 9.74. The number of aromatic hydroxyl groups is 1. The van der Waals surface area contributed by atoms with Gasteiger partial charge in [-0.05, 0) is 24.1 Å². The highest BCUT2D eigenvalue weighted by molar-refractivity contribution is 5.42. The first-order chi connectivity index (χ1) is 14.7. The summed E-state index contributed by atoms with van der Waals surface area (Å²) in [6.45, 7) is 2.11. The van der Waals surface area contributed by atoms with Crippen LogP contribution in [-0.2, 0) is 20.6 Å². The molecule has 2 saturated heterocycles. The lowest BCUT2D eigenvalue weighted by molar-refractivity contribution is -0.289. The van der Waals surface area contributed by atoms with Crippen LogP contribution in [0.4, 0.5) is 0 Å². The number of ether oxygens (including phenoxy) is 4. The molecule has 8 unspecified atom stereocenters. The van der Waals surface area contributed by atoms with Gasteiger partial charge >= 0.3 is 0 Å². The Morgan fingerprint density at radius 3 is 2.48 bits per heavy atom. The number of phenolic OH excluding ortho intramolecular Hbond substituents is 1. The molecule has 2 heterocycles. The maximum absolute atomic E-state index is 10.2. The molecule has 31 heavy (non-hydrogen) atoms. The SMILES string of the molecule is C=CCc1ccc(OC2OC(COC3OCC(O)(CO)C3O)C(O)C(O)C2O)c(O)c1. The van der Waals surface area contributed by atoms with Crippen LogP contribution < -0.4 is 4.74 Å². The number of rotatable bonds is 8. The summed E-state index contributed by atoms with van der Waals surface area (Å²) < 4.78 is 21.5. The summed E-state index contributed by atoms with van der Waals surface area (Å²) >= 11 is 0. The van der Waals surface area contributed by atoms with Crippen LogP contribution in [0.3, 0.4) is 0 Å². The van der Waals surface area contributed by atoms with Crippen LogP contribution in [0.25, 0.3) is 0 Å². The molecular formula is C20H28O11. The minimum absolute atomic E-state index is 0.0114. The molecule has 0 spiro atoms. The van der Waals surface area contributed by atoms with E-state index in [0.29, 0.717) is 6.42 Å². The van der Waals surface area contributed by atoms with Gasteiger partial charge in [-0.1, -0.05) is 12.1 Å². The standard InChI is InChI=1S/C20H28O11/c1-2-3-10-4-5-12(11(22)6-10)30-18-16(25)15(24)14(23)13(31-18)7-28-19-17(26)20(27,8-21)9-29-19/h2,4-6,13-19,21-27H,1,3,7-9H2. The van der Waals surface area contributed by atoms with Gasteiger partial charge < -0.3 is 54.7 Å². The zero-order valence-electron chi connectivity index (χ0n) is 16.6. The van der Waals surface area contributed by atoms with E-state index >= 15 is 0 Å². The Kier molecular flexibility index (Phi) is 7.52. The Labute approximate surface area is 178 Å². The normalized spacial score (nSPS) is 38.2. The van der Waals surface area contributed by atoms with E-state index in [9.17, 15) is 30.6 Å². The molecule has 0 aromatic heterocycles. The zero-order chi connectivity index (χ0) is 22.8. The zero-order valence-corrected chi connectivity index (χ0v) is 16.6. The fourth-order valence-corrected chi connectivity index (χ4v) is 3.36. The second-order valence-corrected chi connectivity index (χ2v) is 7.65. The van der Waals surface area contributed by atoms with Gasteiger partial charge in [0.05, 0.1) is 19.8 Å². The van der Waals surface area contributed by atoms with Crippen molar-refractivity contribution in [2.45, 2.75) is 55.1 Å². The molecule has 0 aliphatic carbocycles. The molecule has 1 aromatic rings. The first-order valence-corrected chi connectivity index (χ1v) is 9.74. The lowest BCUT2D eigenvalue weighted by atomic mass is 9.99. The second-order valence-electron chi connectivity index (χ2n) is 7.65. The monoisotopic (exact) mass is 444 g/mol. The molecule has 3 rings (SSSR count). The third-order valence-corrected chi connectivity index (χ3v) is 5.32. The number of aliphatic hydroxyl groups is 6. The van der Waals surface area contributed by atoms with Gasteiger partial charge in [-0.25, -0.2) is 0 Å². The fourth-order valence-electron chi connectivity index (χ4n) is 3.36. The Hall–Kier alpha value is -1.80. The van der Waals surface area contributed by atoms with Gasteiger partial charge in [0.1, 0.15) is 36.1 Å². The average Bonchev–Trinajstić information content (AvgIpc) is 3.04. The molecule has 1 aromatic carbocycles. The molecule has 2 aliphatic heterocycles. The minimum Gasteiger partial charge on any atom is -0.504 e. The van der Waals surface area contributed by atoms with Crippen LogP contribution in [0.2, 0.25) is 0 Å². The summed E-state index contributed by atoms with van der Waals surface area (Å²) in [6, 6.07) is 4.60. The largest absolute Gasteiger partial charge is 0.504 e. The Morgan fingerprint density at radius 2 is 1.87 bits per heavy atom. The number of allylic oxidation sites excluding steroid dienone is 1. The van der Waals surface area contributed by atoms with E-state index in [4.69, 9.17) is 24.1 Å². The van der Waals surface area contributed by atoms with E-state index in [1.165, 1.54) is 12.1 Å². The Balaban J connectivity index is 1.65. The van der Waals surface area contributed by atoms with Crippen LogP contribution in [0.5, 0.6) is 11.5 Å². The summed E-state index contributed by atoms with van der Waals surface area (Å²) in [4.78, 5) is 0. The van der Waals surface area contributed by atoms with Crippen LogP contribution in [0.1, 0.15) is 5.56 Å². The molecule has 8 atom stereocenters. The Morgan fingerprint density at radius 1 is 1.13 bits per heavy atom. The third-order valence-electron chi connectivity index (χ3n) is 5.32. The van der Waals surface area contributed by atoms with Crippen molar-refractivity contribution in [3.05, 3.63) is 36.4 Å². The van der Waals surface area contributed by atoms with E-state index in [1.807, 2.05) is 0 Å². The summed E-state index contributed by atoms with van der Waals surface area (Å²) in [5, 5.41) is 69.9. The highest BCUT2D eigenvalue weighted by atomic mass is 16.7. The van der Waals surface area contributed by atoms with Gasteiger partial charge in [0.2, 0.25) is 6.29 Å². The van der Waals surface area contributed by atoms with Crippen molar-refractivity contribution in [3.8, 4) is 11.5 Å². The number of phenols is 1. The smallest absolute Gasteiger partial charge is 0.229 e. The van der Waals surface area contributed by atoms with E-state index in [2.05, 4.69) is 6.58 Å². The summed E-state index contributed by atoms with van der Waals surface area (Å²) in [6.07, 6.45) is -8.17. The molecule has 174 valence electrons. The van der Waals surface area contributed by atoms with Gasteiger partial charge in [0.25, 0.3) is 0 Å². The molecule has 0 amide bonds. The van der Waals surface area contributed by atoms with Gasteiger partial charge in [-0.2, -0.15) is 0 Å². The lowest BCUT2D eigenvalue weighted by Crippen LogP contribution is -2.60. The van der Waals surface area contributed by atoms with Crippen molar-refractivity contribution in [3.63, 3.8) is 0 Å². The highest BCUT2D eigenvalue weighted by Crippen LogP contribution is 2.32. The van der Waals surface area contributed by atoms with Crippen LogP contribution in [-0.4, -0.2) is 104 Å². The van der Waals surface area contributed by atoms with Crippen molar-refractivity contribution in [2.24, 2.45) is 0 Å². The molecule has 11 nitrogen and oxygen atoms in total. The lowest BCUT2D eigenvalue weighted by Gasteiger charge is -2.40. The Bertz CT molecular complexity index is 759. The van der Waals surface area contributed by atoms with Crippen molar-refractivity contribution >= 4 is 0 Å². The van der Waals surface area contributed by atoms with Crippen LogP contribution in [0.15, 0.2) is 30.9 Å². The third kappa shape index (κ3) is 5.00. The van der Waals surface area contributed by atoms with Crippen molar-refractivity contribution in [1.29, 1.82) is 0 Å². The van der Waals surface area contributed by atoms with Crippen LogP contribution >= 0.6 is 0 Å². The average molecular weight is 444 g/mol. The summed E-state index contributed by atoms with van der Waals surface area (Å²) in [5.74, 6) is -0.225. The number of aliphatic hydroxyl groups excluding tert-OH is 5.